The molecule has 1 atom stereocenters. The molecule has 0 aromatic heterocycles. The highest BCUT2D eigenvalue weighted by Gasteiger charge is 2.43. The first-order valence-corrected chi connectivity index (χ1v) is 11.9. The molecule has 4 rings (SSSR count). The fourth-order valence-corrected chi connectivity index (χ4v) is 4.22. The summed E-state index contributed by atoms with van der Waals surface area (Å²) in [6.07, 6.45) is 0. The summed E-state index contributed by atoms with van der Waals surface area (Å²) in [5.41, 5.74) is -1.11. The van der Waals surface area contributed by atoms with Crippen LogP contribution in [0.2, 0.25) is 0 Å². The van der Waals surface area contributed by atoms with Gasteiger partial charge in [-0.05, 0) is 43.7 Å². The van der Waals surface area contributed by atoms with Crippen molar-refractivity contribution in [3.8, 4) is 11.5 Å². The van der Waals surface area contributed by atoms with Crippen LogP contribution in [0.4, 0.5) is 9.18 Å². The summed E-state index contributed by atoms with van der Waals surface area (Å²) in [5.74, 6) is 0.316. The van der Waals surface area contributed by atoms with Crippen LogP contribution in [0.5, 0.6) is 11.5 Å². The fourth-order valence-electron chi connectivity index (χ4n) is 4.22. The van der Waals surface area contributed by atoms with Crippen LogP contribution in [0.1, 0.15) is 19.4 Å². The minimum absolute atomic E-state index is 0.0194. The maximum atomic E-state index is 13.4. The summed E-state index contributed by atoms with van der Waals surface area (Å²) in [7, 11) is 0. The van der Waals surface area contributed by atoms with Crippen molar-refractivity contribution in [1.82, 2.24) is 15.1 Å². The van der Waals surface area contributed by atoms with E-state index in [2.05, 4.69) is 10.2 Å². The monoisotopic (exact) mass is 501 g/mol. The van der Waals surface area contributed by atoms with Crippen LogP contribution in [-0.2, 0) is 16.1 Å². The number of imide groups is 1. The van der Waals surface area contributed by atoms with Crippen molar-refractivity contribution < 1.29 is 33.3 Å². The number of nitrogens with one attached hydrogen (secondary N) is 1. The molecular formula is C26H32FN3O6. The number of hydrogen-bond acceptors (Lipinski definition) is 7. The second-order valence-electron chi connectivity index (χ2n) is 9.74. The Balaban J connectivity index is 1.27. The van der Waals surface area contributed by atoms with E-state index in [1.807, 2.05) is 24.3 Å². The van der Waals surface area contributed by atoms with Gasteiger partial charge in [0.2, 0.25) is 0 Å². The van der Waals surface area contributed by atoms with Gasteiger partial charge < -0.3 is 24.6 Å². The highest BCUT2D eigenvalue weighted by atomic mass is 19.1. The standard InChI is InChI=1S/C26H32FN3O6/c1-25(2)23(31)30(24(32)28-25)11-13-35-21-8-6-19(7-9-21)15-29-10-12-34-17-26(33,16-29)18-36-22-5-3-4-20(27)14-22/h3-9,14,33H,10-13,15-18H2,1-2H3,(H,28,32)/t26-/m0/s1. The van der Waals surface area contributed by atoms with E-state index in [1.165, 1.54) is 12.1 Å². The van der Waals surface area contributed by atoms with Gasteiger partial charge in [-0.3, -0.25) is 14.6 Å². The van der Waals surface area contributed by atoms with Gasteiger partial charge in [0.1, 0.15) is 41.7 Å². The second kappa shape index (κ2) is 10.8. The Labute approximate surface area is 209 Å². The molecule has 2 heterocycles. The van der Waals surface area contributed by atoms with Crippen LogP contribution in [0, 0.1) is 5.82 Å². The highest BCUT2D eigenvalue weighted by molar-refractivity contribution is 6.06. The summed E-state index contributed by atoms with van der Waals surface area (Å²) in [5, 5.41) is 13.7. The number of rotatable bonds is 9. The molecule has 194 valence electrons. The number of β-amino-alcohol motifs (C(OH)–C–C–N with tert-alkyl or cyclic N) is 1. The van der Waals surface area contributed by atoms with Gasteiger partial charge in [0.25, 0.3) is 5.91 Å². The number of ether oxygens (including phenoxy) is 3. The zero-order valence-electron chi connectivity index (χ0n) is 20.5. The van der Waals surface area contributed by atoms with Crippen molar-refractivity contribution in [2.75, 3.05) is 46.1 Å². The molecule has 2 fully saturated rings. The van der Waals surface area contributed by atoms with E-state index in [0.717, 1.165) is 10.5 Å². The molecule has 9 nitrogen and oxygen atoms in total. The average molecular weight is 502 g/mol. The van der Waals surface area contributed by atoms with E-state index in [-0.39, 0.29) is 32.3 Å². The number of halogens is 1. The molecule has 0 saturated carbocycles. The molecule has 3 amide bonds. The molecule has 2 aliphatic rings. The number of hydrogen-bond donors (Lipinski definition) is 2. The Kier molecular flexibility index (Phi) is 7.77. The van der Waals surface area contributed by atoms with Crippen LogP contribution in [0.25, 0.3) is 0 Å². The van der Waals surface area contributed by atoms with Crippen molar-refractivity contribution in [2.45, 2.75) is 31.5 Å². The van der Waals surface area contributed by atoms with Crippen molar-refractivity contribution in [2.24, 2.45) is 0 Å². The summed E-state index contributed by atoms with van der Waals surface area (Å²) in [6, 6.07) is 12.9. The molecule has 0 bridgehead atoms. The Morgan fingerprint density at radius 3 is 2.58 bits per heavy atom. The molecule has 36 heavy (non-hydrogen) atoms. The Hall–Kier alpha value is -3.21. The zero-order chi connectivity index (χ0) is 25.8. The van der Waals surface area contributed by atoms with Crippen LogP contribution < -0.4 is 14.8 Å². The zero-order valence-corrected chi connectivity index (χ0v) is 20.5. The summed E-state index contributed by atoms with van der Waals surface area (Å²) in [6.45, 7) is 5.84. The van der Waals surface area contributed by atoms with Gasteiger partial charge in [0.15, 0.2) is 0 Å². The molecule has 0 radical (unpaired) electrons. The smallest absolute Gasteiger partial charge is 0.325 e. The van der Waals surface area contributed by atoms with E-state index in [0.29, 0.717) is 37.7 Å². The van der Waals surface area contributed by atoms with E-state index >= 15 is 0 Å². The van der Waals surface area contributed by atoms with Gasteiger partial charge in [-0.1, -0.05) is 18.2 Å². The lowest BCUT2D eigenvalue weighted by Crippen LogP contribution is -2.48. The first-order valence-electron chi connectivity index (χ1n) is 11.9. The third-order valence-electron chi connectivity index (χ3n) is 6.10. The van der Waals surface area contributed by atoms with Crippen LogP contribution in [0.3, 0.4) is 0 Å². The highest BCUT2D eigenvalue weighted by Crippen LogP contribution is 2.21. The normalized spacial score (nSPS) is 22.3. The van der Waals surface area contributed by atoms with Gasteiger partial charge in [-0.25, -0.2) is 9.18 Å². The quantitative estimate of drug-likeness (QED) is 0.508. The second-order valence-corrected chi connectivity index (χ2v) is 9.74. The minimum atomic E-state index is -1.24. The summed E-state index contributed by atoms with van der Waals surface area (Å²) in [4.78, 5) is 27.4. The molecule has 2 saturated heterocycles. The van der Waals surface area contributed by atoms with Crippen LogP contribution in [0.15, 0.2) is 48.5 Å². The molecule has 0 unspecified atom stereocenters. The van der Waals surface area contributed by atoms with Crippen molar-refractivity contribution >= 4 is 11.9 Å². The lowest BCUT2D eigenvalue weighted by molar-refractivity contribution is -0.130. The van der Waals surface area contributed by atoms with Gasteiger partial charge in [-0.2, -0.15) is 0 Å². The van der Waals surface area contributed by atoms with Crippen LogP contribution in [-0.4, -0.2) is 84.0 Å². The van der Waals surface area contributed by atoms with Crippen molar-refractivity contribution in [3.63, 3.8) is 0 Å². The molecule has 2 aliphatic heterocycles. The Morgan fingerprint density at radius 1 is 1.11 bits per heavy atom. The lowest BCUT2D eigenvalue weighted by atomic mass is 10.1. The predicted octanol–water partition coefficient (Wildman–Crippen LogP) is 2.18. The molecule has 2 N–H and O–H groups in total. The van der Waals surface area contributed by atoms with E-state index < -0.39 is 23.0 Å². The molecule has 2 aromatic rings. The largest absolute Gasteiger partial charge is 0.492 e. The number of urea groups is 1. The Bertz CT molecular complexity index is 1080. The number of benzene rings is 2. The first kappa shape index (κ1) is 25.9. The maximum Gasteiger partial charge on any atom is 0.325 e. The maximum absolute atomic E-state index is 13.4. The third kappa shape index (κ3) is 6.51. The van der Waals surface area contributed by atoms with E-state index in [9.17, 15) is 19.1 Å². The predicted molar refractivity (Wildman–Crippen MR) is 129 cm³/mol. The lowest BCUT2D eigenvalue weighted by Gasteiger charge is -2.30. The summed E-state index contributed by atoms with van der Waals surface area (Å²) < 4.78 is 30.4. The summed E-state index contributed by atoms with van der Waals surface area (Å²) >= 11 is 0. The number of nitrogens with zero attached hydrogens (tertiary/aromatic N) is 2. The first-order chi connectivity index (χ1) is 17.1. The SMILES string of the molecule is CC1(C)NC(=O)N(CCOc2ccc(CN3CCOC[C@](O)(COc4cccc(F)c4)C3)cc2)C1=O. The molecule has 0 aliphatic carbocycles. The van der Waals surface area contributed by atoms with Crippen molar-refractivity contribution in [3.05, 3.63) is 59.9 Å². The van der Waals surface area contributed by atoms with Gasteiger partial charge in [0, 0.05) is 25.7 Å². The van der Waals surface area contributed by atoms with Gasteiger partial charge in [0.05, 0.1) is 19.8 Å². The molecule has 0 spiro atoms. The fraction of sp³-hybridized carbons (Fsp3) is 0.462. The van der Waals surface area contributed by atoms with E-state index in [1.54, 1.807) is 26.0 Å². The number of aliphatic hydroxyl groups is 1. The molecule has 10 heteroatoms. The van der Waals surface area contributed by atoms with Crippen LogP contribution >= 0.6 is 0 Å². The minimum Gasteiger partial charge on any atom is -0.492 e. The number of carbonyl (C=O) groups excluding carboxylic acids is 2. The van der Waals surface area contributed by atoms with Gasteiger partial charge >= 0.3 is 6.03 Å². The van der Waals surface area contributed by atoms with Crippen molar-refractivity contribution in [1.29, 1.82) is 0 Å². The number of carbonyl (C=O) groups is 2. The number of amides is 3. The van der Waals surface area contributed by atoms with E-state index in [4.69, 9.17) is 14.2 Å². The van der Waals surface area contributed by atoms with Gasteiger partial charge in [-0.15, -0.1) is 0 Å². The topological polar surface area (TPSA) is 101 Å². The molecular weight excluding hydrogens is 469 g/mol. The Morgan fingerprint density at radius 2 is 1.89 bits per heavy atom. The average Bonchev–Trinajstić information content (AvgIpc) is 2.94. The third-order valence-corrected chi connectivity index (χ3v) is 6.10. The molecule has 2 aromatic carbocycles.